The lowest BCUT2D eigenvalue weighted by Gasteiger charge is -2.32. The second-order valence-electron chi connectivity index (χ2n) is 8.00. The Labute approximate surface area is 203 Å². The molecule has 1 fully saturated rings. The summed E-state index contributed by atoms with van der Waals surface area (Å²) < 4.78 is 16.9. The predicted octanol–water partition coefficient (Wildman–Crippen LogP) is 3.46. The molecule has 2 aromatic rings. The van der Waals surface area contributed by atoms with E-state index < -0.39 is 17.7 Å². The third kappa shape index (κ3) is 4.96. The smallest absolute Gasteiger partial charge is 0.290 e. The van der Waals surface area contributed by atoms with E-state index in [-0.39, 0.29) is 11.4 Å². The van der Waals surface area contributed by atoms with Gasteiger partial charge in [0.2, 0.25) is 5.78 Å². The van der Waals surface area contributed by atoms with Crippen LogP contribution in [0.2, 0.25) is 0 Å². The maximum absolute atomic E-state index is 13.4. The summed E-state index contributed by atoms with van der Waals surface area (Å²) in [6.07, 6.45) is 0. The Morgan fingerprint density at radius 2 is 1.85 bits per heavy atom. The number of hydrogen-bond donors (Lipinski definition) is 1. The Balaban J connectivity index is 1.71. The van der Waals surface area contributed by atoms with E-state index in [4.69, 9.17) is 14.2 Å². The number of ketones is 1. The number of amides is 1. The van der Waals surface area contributed by atoms with Crippen molar-refractivity contribution in [3.8, 4) is 11.5 Å². The fourth-order valence-corrected chi connectivity index (χ4v) is 4.99. The second kappa shape index (κ2) is 11.0. The van der Waals surface area contributed by atoms with Gasteiger partial charge in [0.15, 0.2) is 17.3 Å². The second-order valence-corrected chi connectivity index (χ2v) is 8.94. The minimum Gasteiger partial charge on any atom is -0.503 e. The van der Waals surface area contributed by atoms with Gasteiger partial charge in [-0.3, -0.25) is 14.5 Å². The zero-order valence-electron chi connectivity index (χ0n) is 19.5. The van der Waals surface area contributed by atoms with Crippen molar-refractivity contribution in [3.05, 3.63) is 57.5 Å². The summed E-state index contributed by atoms with van der Waals surface area (Å²) in [5, 5.41) is 12.7. The molecule has 0 unspecified atom stereocenters. The van der Waals surface area contributed by atoms with Gasteiger partial charge in [-0.2, -0.15) is 0 Å². The molecule has 34 heavy (non-hydrogen) atoms. The zero-order valence-corrected chi connectivity index (χ0v) is 20.3. The highest BCUT2D eigenvalue weighted by Gasteiger charge is 2.44. The van der Waals surface area contributed by atoms with Gasteiger partial charge in [0, 0.05) is 26.2 Å². The first-order valence-electron chi connectivity index (χ1n) is 11.6. The molecule has 0 bridgehead atoms. The first kappa shape index (κ1) is 24.3. The van der Waals surface area contributed by atoms with Gasteiger partial charge in [0.25, 0.3) is 5.91 Å². The summed E-state index contributed by atoms with van der Waals surface area (Å²) in [6.45, 7) is 8.56. The van der Waals surface area contributed by atoms with Crippen LogP contribution in [0.15, 0.2) is 47.0 Å². The number of Topliss-reactive ketones (excluding diaryl/α,β-unsaturated/α-hetero) is 1. The number of carbonyl (C=O) groups is 2. The Bertz CT molecular complexity index is 1050. The molecular formula is C25H30N2O6S. The van der Waals surface area contributed by atoms with E-state index in [9.17, 15) is 14.7 Å². The predicted molar refractivity (Wildman–Crippen MR) is 129 cm³/mol. The number of carbonyl (C=O) groups excluding carboxylic acids is 2. The summed E-state index contributed by atoms with van der Waals surface area (Å²) in [4.78, 5) is 30.9. The average molecular weight is 487 g/mol. The highest BCUT2D eigenvalue weighted by molar-refractivity contribution is 7.12. The van der Waals surface area contributed by atoms with Gasteiger partial charge in [-0.1, -0.05) is 12.1 Å². The van der Waals surface area contributed by atoms with Crippen LogP contribution < -0.4 is 9.47 Å². The molecule has 8 nitrogen and oxygen atoms in total. The number of aliphatic hydroxyl groups is 1. The van der Waals surface area contributed by atoms with Crippen molar-refractivity contribution < 1.29 is 28.9 Å². The maximum Gasteiger partial charge on any atom is 0.290 e. The molecule has 2 aliphatic rings. The Hall–Kier alpha value is -2.88. The van der Waals surface area contributed by atoms with Crippen molar-refractivity contribution in [3.63, 3.8) is 0 Å². The highest BCUT2D eigenvalue weighted by Crippen LogP contribution is 2.42. The van der Waals surface area contributed by atoms with Crippen LogP contribution in [0.5, 0.6) is 11.5 Å². The lowest BCUT2D eigenvalue weighted by atomic mass is 9.95. The van der Waals surface area contributed by atoms with E-state index >= 15 is 0 Å². The van der Waals surface area contributed by atoms with Gasteiger partial charge >= 0.3 is 0 Å². The summed E-state index contributed by atoms with van der Waals surface area (Å²) in [6, 6.07) is 8.17. The van der Waals surface area contributed by atoms with Crippen LogP contribution in [-0.4, -0.2) is 79.2 Å². The van der Waals surface area contributed by atoms with E-state index in [1.807, 2.05) is 19.9 Å². The molecule has 9 heteroatoms. The highest BCUT2D eigenvalue weighted by atomic mass is 32.1. The zero-order chi connectivity index (χ0) is 24.1. The first-order valence-corrected chi connectivity index (χ1v) is 12.4. The molecule has 2 aliphatic heterocycles. The first-order chi connectivity index (χ1) is 16.5. The third-order valence-corrected chi connectivity index (χ3v) is 6.81. The minimum atomic E-state index is -0.724. The maximum atomic E-state index is 13.4. The molecule has 1 atom stereocenters. The lowest BCUT2D eigenvalue weighted by molar-refractivity contribution is -0.129. The fourth-order valence-electron chi connectivity index (χ4n) is 4.31. The van der Waals surface area contributed by atoms with Crippen LogP contribution >= 0.6 is 11.3 Å². The number of nitrogens with zero attached hydrogens (tertiary/aromatic N) is 2. The van der Waals surface area contributed by atoms with Gasteiger partial charge in [-0.05, 0) is 43.0 Å². The SMILES string of the molecule is CCOc1ccc([C@@H]2C(C(=O)c3cccs3)=C(O)C(=O)N2CCN2CCOCC2)cc1OCC. The Morgan fingerprint density at radius 1 is 1.12 bits per heavy atom. The van der Waals surface area contributed by atoms with E-state index in [0.717, 1.165) is 13.1 Å². The molecular weight excluding hydrogens is 456 g/mol. The number of thiophene rings is 1. The largest absolute Gasteiger partial charge is 0.503 e. The molecule has 1 aromatic heterocycles. The molecule has 0 radical (unpaired) electrons. The molecule has 1 aromatic carbocycles. The van der Waals surface area contributed by atoms with Crippen LogP contribution in [0.3, 0.4) is 0 Å². The number of aliphatic hydroxyl groups excluding tert-OH is 1. The number of benzene rings is 1. The van der Waals surface area contributed by atoms with Crippen molar-refractivity contribution in [2.75, 3.05) is 52.6 Å². The van der Waals surface area contributed by atoms with E-state index in [0.29, 0.717) is 61.5 Å². The summed E-state index contributed by atoms with van der Waals surface area (Å²) in [5.74, 6) is -0.234. The molecule has 182 valence electrons. The summed E-state index contributed by atoms with van der Waals surface area (Å²) in [5.41, 5.74) is 0.784. The van der Waals surface area contributed by atoms with E-state index in [1.165, 1.54) is 11.3 Å². The number of hydrogen-bond acceptors (Lipinski definition) is 8. The van der Waals surface area contributed by atoms with Crippen LogP contribution in [0.4, 0.5) is 0 Å². The normalized spacial score (nSPS) is 19.1. The molecule has 1 amide bonds. The molecule has 0 saturated carbocycles. The number of ether oxygens (including phenoxy) is 3. The van der Waals surface area contributed by atoms with Crippen LogP contribution in [-0.2, 0) is 9.53 Å². The monoisotopic (exact) mass is 486 g/mol. The van der Waals surface area contributed by atoms with Crippen LogP contribution in [0.1, 0.15) is 35.1 Å². The minimum absolute atomic E-state index is 0.0982. The lowest BCUT2D eigenvalue weighted by Crippen LogP contribution is -2.43. The number of morpholine rings is 1. The Morgan fingerprint density at radius 3 is 2.53 bits per heavy atom. The average Bonchev–Trinajstić information content (AvgIpc) is 3.47. The van der Waals surface area contributed by atoms with Gasteiger partial charge in [-0.15, -0.1) is 11.3 Å². The van der Waals surface area contributed by atoms with Crippen molar-refractivity contribution in [2.24, 2.45) is 0 Å². The standard InChI is InChI=1S/C25H30N2O6S/c1-3-32-18-8-7-17(16-19(18)33-4-2)22-21(23(28)20-6-5-15-34-20)24(29)25(30)27(22)10-9-26-11-13-31-14-12-26/h5-8,15-16,22,29H,3-4,9-14H2,1-2H3/t22-/m1/s1. The molecule has 0 aliphatic carbocycles. The van der Waals surface area contributed by atoms with Gasteiger partial charge in [-0.25, -0.2) is 0 Å². The van der Waals surface area contributed by atoms with Crippen molar-refractivity contribution in [2.45, 2.75) is 19.9 Å². The Kier molecular flexibility index (Phi) is 7.87. The molecule has 3 heterocycles. The van der Waals surface area contributed by atoms with Gasteiger partial charge < -0.3 is 24.2 Å². The van der Waals surface area contributed by atoms with Gasteiger partial charge in [0.05, 0.1) is 42.9 Å². The molecule has 1 saturated heterocycles. The van der Waals surface area contributed by atoms with Crippen molar-refractivity contribution in [1.29, 1.82) is 0 Å². The van der Waals surface area contributed by atoms with E-state index in [2.05, 4.69) is 4.90 Å². The van der Waals surface area contributed by atoms with E-state index in [1.54, 1.807) is 34.5 Å². The van der Waals surface area contributed by atoms with Crippen LogP contribution in [0, 0.1) is 0 Å². The number of rotatable bonds is 10. The molecule has 4 rings (SSSR count). The molecule has 0 spiro atoms. The van der Waals surface area contributed by atoms with Crippen LogP contribution in [0.25, 0.3) is 0 Å². The summed E-state index contributed by atoms with van der Waals surface area (Å²) in [7, 11) is 0. The summed E-state index contributed by atoms with van der Waals surface area (Å²) >= 11 is 1.28. The third-order valence-electron chi connectivity index (χ3n) is 5.94. The van der Waals surface area contributed by atoms with Crippen molar-refractivity contribution in [1.82, 2.24) is 9.80 Å². The topological polar surface area (TPSA) is 88.5 Å². The fraction of sp³-hybridized carbons (Fsp3) is 0.440. The molecule has 1 N–H and O–H groups in total. The van der Waals surface area contributed by atoms with Crippen molar-refractivity contribution >= 4 is 23.0 Å². The van der Waals surface area contributed by atoms with Gasteiger partial charge in [0.1, 0.15) is 0 Å². The quantitative estimate of drug-likeness (QED) is 0.515.